The molecule has 0 saturated carbocycles. The van der Waals surface area contributed by atoms with Gasteiger partial charge in [0.05, 0.1) is 19.0 Å². The number of nitrogen functional groups attached to an aromatic ring is 1. The van der Waals surface area contributed by atoms with Crippen molar-refractivity contribution in [2.24, 2.45) is 5.73 Å². The normalized spacial score (nSPS) is 12.5. The molecule has 0 aliphatic rings. The van der Waals surface area contributed by atoms with Crippen LogP contribution in [0.3, 0.4) is 0 Å². The first-order valence-corrected chi connectivity index (χ1v) is 4.24. The molecule has 0 radical (unpaired) electrons. The lowest BCUT2D eigenvalue weighted by Gasteiger charge is -2.12. The number of anilines is 1. The Hall–Kier alpha value is -1.29. The Morgan fingerprint density at radius 1 is 1.62 bits per heavy atom. The van der Waals surface area contributed by atoms with Gasteiger partial charge < -0.3 is 16.2 Å². The zero-order valence-corrected chi connectivity index (χ0v) is 7.95. The molecule has 0 aliphatic carbocycles. The number of nitrogens with zero attached hydrogens (tertiary/aromatic N) is 1. The minimum absolute atomic E-state index is 0.0639. The highest BCUT2D eigenvalue weighted by atomic mass is 16.5. The molecule has 4 nitrogen and oxygen atoms in total. The summed E-state index contributed by atoms with van der Waals surface area (Å²) in [5.74, 6) is 0.559. The average molecular weight is 181 g/mol. The van der Waals surface area contributed by atoms with Crippen molar-refractivity contribution in [3.05, 3.63) is 17.8 Å². The van der Waals surface area contributed by atoms with Crippen molar-refractivity contribution in [3.8, 4) is 5.88 Å². The molecule has 0 unspecified atom stereocenters. The summed E-state index contributed by atoms with van der Waals surface area (Å²) in [4.78, 5) is 4.04. The number of rotatable bonds is 3. The second kappa shape index (κ2) is 4.09. The largest absolute Gasteiger partial charge is 0.481 e. The van der Waals surface area contributed by atoms with Crippen molar-refractivity contribution in [1.82, 2.24) is 4.98 Å². The number of ether oxygens (including phenoxy) is 1. The van der Waals surface area contributed by atoms with Crippen molar-refractivity contribution < 1.29 is 4.74 Å². The summed E-state index contributed by atoms with van der Waals surface area (Å²) in [5.41, 5.74) is 12.9. The molecule has 0 saturated heterocycles. The number of hydrogen-bond donors (Lipinski definition) is 2. The standard InChI is InChI=1S/C9H15N3O/c1-3-8(11)7-4-6(10)5-12-9(7)13-2/h4-5,8H,3,10-11H2,1-2H3/t8-/m1/s1. The molecular formula is C9H15N3O. The number of aromatic nitrogens is 1. The SMILES string of the molecule is CC[C@@H](N)c1cc(N)cnc1OC. The van der Waals surface area contributed by atoms with Crippen LogP contribution in [0.1, 0.15) is 24.9 Å². The van der Waals surface area contributed by atoms with E-state index in [0.717, 1.165) is 12.0 Å². The molecule has 1 aromatic heterocycles. The van der Waals surface area contributed by atoms with Crippen LogP contribution in [0.2, 0.25) is 0 Å². The van der Waals surface area contributed by atoms with E-state index in [1.54, 1.807) is 19.4 Å². The Kier molecular flexibility index (Phi) is 3.08. The van der Waals surface area contributed by atoms with Gasteiger partial charge >= 0.3 is 0 Å². The van der Waals surface area contributed by atoms with Gasteiger partial charge in [0.25, 0.3) is 0 Å². The van der Waals surface area contributed by atoms with Crippen LogP contribution < -0.4 is 16.2 Å². The molecule has 1 rings (SSSR count). The van der Waals surface area contributed by atoms with Gasteiger partial charge in [-0.1, -0.05) is 6.92 Å². The van der Waals surface area contributed by atoms with Crippen LogP contribution in [0.25, 0.3) is 0 Å². The van der Waals surface area contributed by atoms with Gasteiger partial charge in [-0.3, -0.25) is 0 Å². The maximum absolute atomic E-state index is 5.86. The maximum atomic E-state index is 5.86. The van der Waals surface area contributed by atoms with Gasteiger partial charge in [-0.05, 0) is 12.5 Å². The monoisotopic (exact) mass is 181 g/mol. The number of nitrogens with two attached hydrogens (primary N) is 2. The Labute approximate surface area is 77.9 Å². The van der Waals surface area contributed by atoms with Crippen molar-refractivity contribution >= 4 is 5.69 Å². The Morgan fingerprint density at radius 3 is 2.85 bits per heavy atom. The predicted molar refractivity (Wildman–Crippen MR) is 52.4 cm³/mol. The van der Waals surface area contributed by atoms with Crippen LogP contribution in [0.4, 0.5) is 5.69 Å². The molecular weight excluding hydrogens is 166 g/mol. The molecule has 0 amide bonds. The van der Waals surface area contributed by atoms with Crippen molar-refractivity contribution in [1.29, 1.82) is 0 Å². The third kappa shape index (κ3) is 2.09. The zero-order valence-electron chi connectivity index (χ0n) is 7.95. The van der Waals surface area contributed by atoms with Crippen molar-refractivity contribution in [2.75, 3.05) is 12.8 Å². The summed E-state index contributed by atoms with van der Waals surface area (Å²) < 4.78 is 5.08. The maximum Gasteiger partial charge on any atom is 0.217 e. The van der Waals surface area contributed by atoms with E-state index in [-0.39, 0.29) is 6.04 Å². The first-order chi connectivity index (χ1) is 6.19. The highest BCUT2D eigenvalue weighted by Gasteiger charge is 2.11. The fourth-order valence-corrected chi connectivity index (χ4v) is 1.14. The minimum atomic E-state index is -0.0639. The lowest BCUT2D eigenvalue weighted by atomic mass is 10.1. The van der Waals surface area contributed by atoms with E-state index < -0.39 is 0 Å². The van der Waals surface area contributed by atoms with E-state index >= 15 is 0 Å². The fourth-order valence-electron chi connectivity index (χ4n) is 1.14. The zero-order chi connectivity index (χ0) is 9.84. The lowest BCUT2D eigenvalue weighted by Crippen LogP contribution is -2.11. The van der Waals surface area contributed by atoms with Gasteiger partial charge in [-0.25, -0.2) is 4.98 Å². The number of pyridine rings is 1. The number of hydrogen-bond acceptors (Lipinski definition) is 4. The van der Waals surface area contributed by atoms with Gasteiger partial charge in [0.2, 0.25) is 5.88 Å². The summed E-state index contributed by atoms with van der Waals surface area (Å²) in [7, 11) is 1.57. The van der Waals surface area contributed by atoms with E-state index in [4.69, 9.17) is 16.2 Å². The average Bonchev–Trinajstić information content (AvgIpc) is 2.16. The summed E-state index contributed by atoms with van der Waals surface area (Å²) in [6.07, 6.45) is 2.40. The molecule has 0 spiro atoms. The van der Waals surface area contributed by atoms with Gasteiger partial charge in [0.15, 0.2) is 0 Å². The molecule has 1 atom stereocenters. The molecule has 72 valence electrons. The molecule has 0 bridgehead atoms. The van der Waals surface area contributed by atoms with Crippen LogP contribution in [0, 0.1) is 0 Å². The molecule has 1 aromatic rings. The Balaban J connectivity index is 3.07. The summed E-state index contributed by atoms with van der Waals surface area (Å²) >= 11 is 0. The van der Waals surface area contributed by atoms with Crippen molar-refractivity contribution in [2.45, 2.75) is 19.4 Å². The van der Waals surface area contributed by atoms with Crippen LogP contribution in [0.5, 0.6) is 5.88 Å². The molecule has 0 aromatic carbocycles. The smallest absolute Gasteiger partial charge is 0.217 e. The summed E-state index contributed by atoms with van der Waals surface area (Å²) in [6.45, 7) is 2.01. The molecule has 4 N–H and O–H groups in total. The van der Waals surface area contributed by atoms with Crippen LogP contribution in [-0.4, -0.2) is 12.1 Å². The second-order valence-corrected chi connectivity index (χ2v) is 2.88. The minimum Gasteiger partial charge on any atom is -0.481 e. The highest BCUT2D eigenvalue weighted by molar-refractivity contribution is 5.43. The highest BCUT2D eigenvalue weighted by Crippen LogP contribution is 2.24. The third-order valence-electron chi connectivity index (χ3n) is 1.93. The van der Waals surface area contributed by atoms with Crippen molar-refractivity contribution in [3.63, 3.8) is 0 Å². The molecule has 0 aliphatic heterocycles. The topological polar surface area (TPSA) is 74.2 Å². The molecule has 13 heavy (non-hydrogen) atoms. The van der Waals surface area contributed by atoms with Gasteiger partial charge in [0, 0.05) is 11.6 Å². The quantitative estimate of drug-likeness (QED) is 0.731. The van der Waals surface area contributed by atoms with E-state index in [2.05, 4.69) is 4.98 Å². The van der Waals surface area contributed by atoms with E-state index in [1.807, 2.05) is 6.92 Å². The van der Waals surface area contributed by atoms with Gasteiger partial charge in [0.1, 0.15) is 0 Å². The van der Waals surface area contributed by atoms with Gasteiger partial charge in [-0.15, -0.1) is 0 Å². The number of methoxy groups -OCH3 is 1. The van der Waals surface area contributed by atoms with E-state index in [1.165, 1.54) is 0 Å². The fraction of sp³-hybridized carbons (Fsp3) is 0.444. The Bertz CT molecular complexity index is 288. The molecule has 1 heterocycles. The van der Waals surface area contributed by atoms with Gasteiger partial charge in [-0.2, -0.15) is 0 Å². The molecule has 0 fully saturated rings. The van der Waals surface area contributed by atoms with E-state index in [9.17, 15) is 0 Å². The molecule has 4 heteroatoms. The predicted octanol–water partition coefficient (Wildman–Crippen LogP) is 1.08. The van der Waals surface area contributed by atoms with Crippen LogP contribution >= 0.6 is 0 Å². The first-order valence-electron chi connectivity index (χ1n) is 4.24. The van der Waals surface area contributed by atoms with Crippen LogP contribution in [-0.2, 0) is 0 Å². The summed E-state index contributed by atoms with van der Waals surface area (Å²) in [5, 5.41) is 0. The first kappa shape index (κ1) is 9.80. The Morgan fingerprint density at radius 2 is 2.31 bits per heavy atom. The second-order valence-electron chi connectivity index (χ2n) is 2.88. The lowest BCUT2D eigenvalue weighted by molar-refractivity contribution is 0.388. The third-order valence-corrected chi connectivity index (χ3v) is 1.93. The van der Waals surface area contributed by atoms with E-state index in [0.29, 0.717) is 11.6 Å². The summed E-state index contributed by atoms with van der Waals surface area (Å²) in [6, 6.07) is 1.74. The van der Waals surface area contributed by atoms with Crippen LogP contribution in [0.15, 0.2) is 12.3 Å².